The van der Waals surface area contributed by atoms with Crippen molar-refractivity contribution in [2.45, 2.75) is 0 Å². The molecule has 0 aliphatic rings. The van der Waals surface area contributed by atoms with Gasteiger partial charge in [0.15, 0.2) is 5.03 Å². The Morgan fingerprint density at radius 2 is 2.29 bits per heavy atom. The summed E-state index contributed by atoms with van der Waals surface area (Å²) in [5, 5.41) is 12.2. The molecule has 1 rings (SSSR count). The summed E-state index contributed by atoms with van der Waals surface area (Å²) in [5.41, 5.74) is 5.45. The van der Waals surface area contributed by atoms with Gasteiger partial charge in [-0.25, -0.2) is 15.1 Å². The van der Waals surface area contributed by atoms with Crippen LogP contribution in [-0.4, -0.2) is 33.8 Å². The molecule has 9 heteroatoms. The predicted octanol–water partition coefficient (Wildman–Crippen LogP) is 0.313. The molecule has 1 aromatic heterocycles. The number of hydrazone groups is 1. The molecule has 0 saturated heterocycles. The maximum absolute atomic E-state index is 11.7. The number of hydrogen-bond donors (Lipinski definition) is 1. The van der Waals surface area contributed by atoms with Gasteiger partial charge in [0, 0.05) is 13.2 Å². The smallest absolute Gasteiger partial charge is 0.275 e. The van der Waals surface area contributed by atoms with E-state index in [0.717, 1.165) is 4.90 Å². The summed E-state index contributed by atoms with van der Waals surface area (Å²) in [6, 6.07) is 2.84. The second-order valence-electron chi connectivity index (χ2n) is 2.93. The number of carbonyl (C=O) groups is 1. The summed E-state index contributed by atoms with van der Waals surface area (Å²) < 4.78 is 0. The van der Waals surface area contributed by atoms with E-state index in [9.17, 15) is 14.9 Å². The zero-order chi connectivity index (χ0) is 13.0. The molecule has 0 aromatic carbocycles. The molecule has 1 aromatic rings. The number of rotatable bonds is 2. The number of amides is 1. The number of hydrogen-bond acceptors (Lipinski definition) is 4. The molecular weight excluding hydrogens is 250 g/mol. The van der Waals surface area contributed by atoms with Gasteiger partial charge in [-0.2, -0.15) is 0 Å². The van der Waals surface area contributed by atoms with Gasteiger partial charge in [0.25, 0.3) is 11.9 Å². The van der Waals surface area contributed by atoms with E-state index < -0.39 is 16.9 Å². The first-order chi connectivity index (χ1) is 7.91. The van der Waals surface area contributed by atoms with Crippen LogP contribution in [0.4, 0.5) is 0 Å². The van der Waals surface area contributed by atoms with Crippen LogP contribution in [0.2, 0.25) is 5.15 Å². The van der Waals surface area contributed by atoms with Gasteiger partial charge >= 0.3 is 0 Å². The fourth-order valence-electron chi connectivity index (χ4n) is 0.951. The maximum atomic E-state index is 11.7. The molecule has 0 atom stereocenters. The van der Waals surface area contributed by atoms with E-state index in [4.69, 9.17) is 17.3 Å². The molecular formula is C8H8ClN5O3. The van der Waals surface area contributed by atoms with Crippen molar-refractivity contribution in [1.29, 1.82) is 0 Å². The molecule has 0 unspecified atom stereocenters. The average Bonchev–Trinajstić information content (AvgIpc) is 2.27. The Bertz CT molecular complexity index is 473. The third-order valence-electron chi connectivity index (χ3n) is 1.81. The third-order valence-corrected chi connectivity index (χ3v) is 2.03. The molecule has 0 aliphatic heterocycles. The average molecular weight is 258 g/mol. The Kier molecular flexibility index (Phi) is 3.94. The van der Waals surface area contributed by atoms with Crippen molar-refractivity contribution in [3.8, 4) is 0 Å². The summed E-state index contributed by atoms with van der Waals surface area (Å²) in [4.78, 5) is 26.4. The maximum Gasteiger partial charge on any atom is 0.275 e. The van der Waals surface area contributed by atoms with Crippen LogP contribution in [-0.2, 0) is 0 Å². The summed E-state index contributed by atoms with van der Waals surface area (Å²) in [5.74, 6) is -1.09. The molecule has 0 aliphatic carbocycles. The Morgan fingerprint density at radius 3 is 2.76 bits per heavy atom. The van der Waals surface area contributed by atoms with Gasteiger partial charge in [-0.3, -0.25) is 9.69 Å². The Labute approximate surface area is 101 Å². The van der Waals surface area contributed by atoms with Gasteiger partial charge < -0.3 is 5.73 Å². The molecule has 0 fully saturated rings. The van der Waals surface area contributed by atoms with Crippen molar-refractivity contribution < 1.29 is 9.83 Å². The molecule has 0 bridgehead atoms. The monoisotopic (exact) mass is 257 g/mol. The largest absolute Gasteiger partial charge is 0.364 e. The van der Waals surface area contributed by atoms with Crippen molar-refractivity contribution in [2.24, 2.45) is 10.8 Å². The molecule has 0 spiro atoms. The molecule has 0 saturated carbocycles. The number of nitro groups is 1. The van der Waals surface area contributed by atoms with Crippen molar-refractivity contribution in [2.75, 3.05) is 7.05 Å². The lowest BCUT2D eigenvalue weighted by atomic mass is 10.2. The minimum absolute atomic E-state index is 0.193. The lowest BCUT2D eigenvalue weighted by Gasteiger charge is -2.13. The summed E-state index contributed by atoms with van der Waals surface area (Å²) >= 11 is 5.55. The van der Waals surface area contributed by atoms with Crippen LogP contribution in [0.1, 0.15) is 10.4 Å². The highest BCUT2D eigenvalue weighted by atomic mass is 35.5. The minimum Gasteiger partial charge on any atom is -0.364 e. The summed E-state index contributed by atoms with van der Waals surface area (Å²) in [6.45, 7) is 0. The van der Waals surface area contributed by atoms with E-state index in [1.165, 1.54) is 25.4 Å². The predicted molar refractivity (Wildman–Crippen MR) is 60.0 cm³/mol. The van der Waals surface area contributed by atoms with Crippen LogP contribution >= 0.6 is 11.6 Å². The van der Waals surface area contributed by atoms with Gasteiger partial charge in [0.05, 0.1) is 5.56 Å². The fourth-order valence-corrected chi connectivity index (χ4v) is 1.06. The normalized spacial score (nSPS) is 11.1. The quantitative estimate of drug-likeness (QED) is 0.269. The van der Waals surface area contributed by atoms with E-state index in [-0.39, 0.29) is 10.7 Å². The highest BCUT2D eigenvalue weighted by Gasteiger charge is 2.17. The van der Waals surface area contributed by atoms with Crippen LogP contribution in [0.5, 0.6) is 0 Å². The molecule has 1 heterocycles. The van der Waals surface area contributed by atoms with Gasteiger partial charge in [-0.15, -0.1) is 0 Å². The molecule has 90 valence electrons. The number of guanidine groups is 1. The van der Waals surface area contributed by atoms with Crippen molar-refractivity contribution >= 4 is 23.5 Å². The molecule has 1 amide bonds. The highest BCUT2D eigenvalue weighted by Crippen LogP contribution is 2.07. The van der Waals surface area contributed by atoms with Crippen LogP contribution in [0.25, 0.3) is 0 Å². The van der Waals surface area contributed by atoms with Crippen LogP contribution in [0.15, 0.2) is 23.4 Å². The Hall–Kier alpha value is -2.22. The number of pyridine rings is 1. The first-order valence-electron chi connectivity index (χ1n) is 4.30. The van der Waals surface area contributed by atoms with Crippen molar-refractivity contribution in [1.82, 2.24) is 9.88 Å². The van der Waals surface area contributed by atoms with Crippen molar-refractivity contribution in [3.63, 3.8) is 0 Å². The van der Waals surface area contributed by atoms with E-state index in [1.807, 2.05) is 0 Å². The Morgan fingerprint density at radius 1 is 1.65 bits per heavy atom. The summed E-state index contributed by atoms with van der Waals surface area (Å²) in [7, 11) is 1.26. The first kappa shape index (κ1) is 12.8. The zero-order valence-electron chi connectivity index (χ0n) is 8.70. The first-order valence-corrected chi connectivity index (χ1v) is 4.67. The molecule has 8 nitrogen and oxygen atoms in total. The van der Waals surface area contributed by atoms with Crippen LogP contribution in [0, 0.1) is 10.1 Å². The van der Waals surface area contributed by atoms with Gasteiger partial charge in [0.1, 0.15) is 10.3 Å². The third kappa shape index (κ3) is 3.38. The highest BCUT2D eigenvalue weighted by molar-refractivity contribution is 6.29. The van der Waals surface area contributed by atoms with E-state index >= 15 is 0 Å². The molecule has 17 heavy (non-hydrogen) atoms. The number of nitrogens with zero attached hydrogens (tertiary/aromatic N) is 4. The lowest BCUT2D eigenvalue weighted by Crippen LogP contribution is -2.39. The fraction of sp³-hybridized carbons (Fsp3) is 0.125. The van der Waals surface area contributed by atoms with Crippen molar-refractivity contribution in [3.05, 3.63) is 39.2 Å². The standard InChI is InChI=1S/C8H8ClN5O3/c1-13(8(10)12-14(16)17)7(15)5-2-3-6(9)11-4-5/h2-4H,1H3,(H2,10,12). The number of aromatic nitrogens is 1. The van der Waals surface area contributed by atoms with Gasteiger partial charge in [-0.05, 0) is 12.1 Å². The summed E-state index contributed by atoms with van der Waals surface area (Å²) in [6.07, 6.45) is 1.24. The number of halogens is 1. The lowest BCUT2D eigenvalue weighted by molar-refractivity contribution is -0.485. The van der Waals surface area contributed by atoms with Gasteiger partial charge in [0.2, 0.25) is 0 Å². The molecule has 2 N–H and O–H groups in total. The Balaban J connectivity index is 2.90. The van der Waals surface area contributed by atoms with Crippen LogP contribution in [0.3, 0.4) is 0 Å². The topological polar surface area (TPSA) is 115 Å². The minimum atomic E-state index is -0.987. The van der Waals surface area contributed by atoms with E-state index in [0.29, 0.717) is 0 Å². The number of nitrogens with two attached hydrogens (primary N) is 1. The SMILES string of the molecule is CN(C(=O)c1ccc(Cl)nc1)C(N)=N[N+](=O)[O-]. The number of carbonyl (C=O) groups excluding carboxylic acids is 1. The molecule has 0 radical (unpaired) electrons. The van der Waals surface area contributed by atoms with E-state index in [1.54, 1.807) is 0 Å². The van der Waals surface area contributed by atoms with Gasteiger partial charge in [-0.1, -0.05) is 11.6 Å². The second kappa shape index (κ2) is 5.21. The second-order valence-corrected chi connectivity index (χ2v) is 3.32. The zero-order valence-corrected chi connectivity index (χ0v) is 9.46. The van der Waals surface area contributed by atoms with E-state index in [2.05, 4.69) is 10.1 Å². The van der Waals surface area contributed by atoms with Crippen LogP contribution < -0.4 is 5.73 Å².